The molecule has 1 aliphatic rings. The number of benzene rings is 1. The van der Waals surface area contributed by atoms with Gasteiger partial charge in [-0.2, -0.15) is 0 Å². The molecular weight excluding hydrogens is 312 g/mol. The van der Waals surface area contributed by atoms with Gasteiger partial charge in [0.15, 0.2) is 0 Å². The number of hydrogen-bond donors (Lipinski definition) is 1. The van der Waals surface area contributed by atoms with Gasteiger partial charge in [-0.15, -0.1) is 0 Å². The Morgan fingerprint density at radius 1 is 1.21 bits per heavy atom. The summed E-state index contributed by atoms with van der Waals surface area (Å²) in [6.45, 7) is 1.53. The number of nitrogens with zero attached hydrogens (tertiary/aromatic N) is 1. The number of hydrogen-bond acceptors (Lipinski definition) is 5. The third kappa shape index (κ3) is 3.55. The van der Waals surface area contributed by atoms with Gasteiger partial charge in [-0.1, -0.05) is 31.7 Å². The van der Waals surface area contributed by atoms with Crippen LogP contribution in [-0.4, -0.2) is 29.4 Å². The zero-order valence-electron chi connectivity index (χ0n) is 14.0. The number of nitro groups is 1. The molecule has 1 fully saturated rings. The first-order valence-electron chi connectivity index (χ1n) is 8.06. The third-order valence-electron chi connectivity index (χ3n) is 4.63. The molecule has 1 aromatic carbocycles. The molecule has 0 bridgehead atoms. The maximum atomic E-state index is 12.7. The van der Waals surface area contributed by atoms with Gasteiger partial charge in [0.25, 0.3) is 11.6 Å². The van der Waals surface area contributed by atoms with Crippen molar-refractivity contribution in [2.24, 2.45) is 0 Å². The molecule has 0 atom stereocenters. The molecule has 24 heavy (non-hydrogen) atoms. The highest BCUT2D eigenvalue weighted by Gasteiger charge is 2.41. The fraction of sp³-hybridized carbons (Fsp3) is 0.529. The van der Waals surface area contributed by atoms with Gasteiger partial charge in [0.2, 0.25) is 0 Å². The van der Waals surface area contributed by atoms with Crippen molar-refractivity contribution in [2.75, 3.05) is 7.11 Å². The molecule has 1 amide bonds. The molecule has 1 aromatic rings. The van der Waals surface area contributed by atoms with Gasteiger partial charge >= 0.3 is 5.97 Å². The molecule has 2 rings (SSSR count). The molecule has 0 heterocycles. The van der Waals surface area contributed by atoms with E-state index >= 15 is 0 Å². The van der Waals surface area contributed by atoms with Gasteiger partial charge in [0, 0.05) is 17.2 Å². The van der Waals surface area contributed by atoms with Crippen LogP contribution < -0.4 is 5.32 Å². The Morgan fingerprint density at radius 2 is 1.83 bits per heavy atom. The van der Waals surface area contributed by atoms with Crippen LogP contribution in [0.3, 0.4) is 0 Å². The summed E-state index contributed by atoms with van der Waals surface area (Å²) in [5.41, 5.74) is -0.680. The van der Waals surface area contributed by atoms with E-state index in [1.807, 2.05) is 0 Å². The Hall–Kier alpha value is -2.44. The molecular formula is C17H22N2O5. The van der Waals surface area contributed by atoms with Crippen molar-refractivity contribution in [2.45, 2.75) is 51.0 Å². The van der Waals surface area contributed by atoms with Crippen LogP contribution in [0.5, 0.6) is 0 Å². The topological polar surface area (TPSA) is 98.5 Å². The van der Waals surface area contributed by atoms with Crippen LogP contribution in [0.4, 0.5) is 5.69 Å². The number of esters is 1. The normalized spacial score (nSPS) is 16.8. The summed E-state index contributed by atoms with van der Waals surface area (Å²) in [5.74, 6) is -0.940. The van der Waals surface area contributed by atoms with Crippen molar-refractivity contribution in [3.8, 4) is 0 Å². The predicted molar refractivity (Wildman–Crippen MR) is 87.7 cm³/mol. The van der Waals surface area contributed by atoms with E-state index in [0.717, 1.165) is 25.7 Å². The fourth-order valence-electron chi connectivity index (χ4n) is 3.26. The Kier molecular flexibility index (Phi) is 5.54. The minimum atomic E-state index is -1.06. The largest absolute Gasteiger partial charge is 0.467 e. The zero-order valence-corrected chi connectivity index (χ0v) is 14.0. The molecule has 0 spiro atoms. The van der Waals surface area contributed by atoms with E-state index in [2.05, 4.69) is 5.32 Å². The van der Waals surface area contributed by atoms with Crippen molar-refractivity contribution in [3.63, 3.8) is 0 Å². The van der Waals surface area contributed by atoms with E-state index in [9.17, 15) is 19.7 Å². The smallest absolute Gasteiger partial charge is 0.331 e. The van der Waals surface area contributed by atoms with Gasteiger partial charge in [-0.3, -0.25) is 14.9 Å². The van der Waals surface area contributed by atoms with Gasteiger partial charge in [0.1, 0.15) is 5.54 Å². The standard InChI is InChI=1S/C17H22N2O5/c1-12-13(8-7-9-14(12)19(22)23)15(20)18-17(16(21)24-2)10-5-3-4-6-11-17/h7-9H,3-6,10-11H2,1-2H3,(H,18,20). The lowest BCUT2D eigenvalue weighted by molar-refractivity contribution is -0.385. The van der Waals surface area contributed by atoms with E-state index in [1.165, 1.54) is 32.2 Å². The first kappa shape index (κ1) is 17.9. The van der Waals surface area contributed by atoms with Gasteiger partial charge in [0.05, 0.1) is 12.0 Å². The number of ether oxygens (including phenoxy) is 1. The number of rotatable bonds is 4. The fourth-order valence-corrected chi connectivity index (χ4v) is 3.26. The van der Waals surface area contributed by atoms with Crippen LogP contribution in [0.25, 0.3) is 0 Å². The van der Waals surface area contributed by atoms with Gasteiger partial charge in [-0.25, -0.2) is 4.79 Å². The number of amides is 1. The summed E-state index contributed by atoms with van der Waals surface area (Å²) in [7, 11) is 1.31. The Balaban J connectivity index is 2.33. The van der Waals surface area contributed by atoms with Crippen LogP contribution in [0.2, 0.25) is 0 Å². The maximum Gasteiger partial charge on any atom is 0.331 e. The first-order chi connectivity index (χ1) is 11.4. The van der Waals surface area contributed by atoms with Crippen LogP contribution in [-0.2, 0) is 9.53 Å². The lowest BCUT2D eigenvalue weighted by Crippen LogP contribution is -2.54. The summed E-state index contributed by atoms with van der Waals surface area (Å²) >= 11 is 0. The Morgan fingerprint density at radius 3 is 2.38 bits per heavy atom. The summed E-state index contributed by atoms with van der Waals surface area (Å²) in [4.78, 5) is 35.6. The van der Waals surface area contributed by atoms with Crippen LogP contribution in [0.1, 0.15) is 54.4 Å². The first-order valence-corrected chi connectivity index (χ1v) is 8.06. The number of carbonyl (C=O) groups excluding carboxylic acids is 2. The van der Waals surface area contributed by atoms with E-state index in [-0.39, 0.29) is 16.8 Å². The average Bonchev–Trinajstić information content (AvgIpc) is 2.80. The Bertz CT molecular complexity index is 648. The van der Waals surface area contributed by atoms with Gasteiger partial charge in [-0.05, 0) is 25.8 Å². The van der Waals surface area contributed by atoms with E-state index < -0.39 is 22.3 Å². The van der Waals surface area contributed by atoms with Crippen molar-refractivity contribution >= 4 is 17.6 Å². The Labute approximate surface area is 140 Å². The number of carbonyl (C=O) groups is 2. The average molecular weight is 334 g/mol. The third-order valence-corrected chi connectivity index (χ3v) is 4.63. The van der Waals surface area contributed by atoms with Crippen molar-refractivity contribution in [1.29, 1.82) is 0 Å². The highest BCUT2D eigenvalue weighted by atomic mass is 16.6. The zero-order chi connectivity index (χ0) is 17.7. The highest BCUT2D eigenvalue weighted by molar-refractivity contribution is 6.00. The molecule has 130 valence electrons. The quantitative estimate of drug-likeness (QED) is 0.395. The second-order valence-corrected chi connectivity index (χ2v) is 6.15. The molecule has 7 nitrogen and oxygen atoms in total. The van der Waals surface area contributed by atoms with E-state index in [1.54, 1.807) is 0 Å². The van der Waals surface area contributed by atoms with E-state index in [4.69, 9.17) is 4.74 Å². The van der Waals surface area contributed by atoms with Crippen molar-refractivity contribution in [1.82, 2.24) is 5.32 Å². The monoisotopic (exact) mass is 334 g/mol. The molecule has 0 radical (unpaired) electrons. The summed E-state index contributed by atoms with van der Waals surface area (Å²) < 4.78 is 4.92. The minimum Gasteiger partial charge on any atom is -0.467 e. The predicted octanol–water partition coefficient (Wildman–Crippen LogP) is 2.90. The lowest BCUT2D eigenvalue weighted by atomic mass is 9.89. The number of nitrogens with one attached hydrogen (secondary N) is 1. The second kappa shape index (κ2) is 7.42. The second-order valence-electron chi connectivity index (χ2n) is 6.15. The van der Waals surface area contributed by atoms with Gasteiger partial charge < -0.3 is 10.1 Å². The van der Waals surface area contributed by atoms with Crippen LogP contribution in [0.15, 0.2) is 18.2 Å². The number of nitro benzene ring substituents is 1. The molecule has 0 aromatic heterocycles. The molecule has 0 unspecified atom stereocenters. The lowest BCUT2D eigenvalue weighted by Gasteiger charge is -2.31. The van der Waals surface area contributed by atoms with E-state index in [0.29, 0.717) is 12.8 Å². The number of methoxy groups -OCH3 is 1. The molecule has 0 saturated heterocycles. The molecule has 7 heteroatoms. The molecule has 1 aliphatic carbocycles. The minimum absolute atomic E-state index is 0.115. The highest BCUT2D eigenvalue weighted by Crippen LogP contribution is 2.29. The molecule has 1 saturated carbocycles. The summed E-state index contributed by atoms with van der Waals surface area (Å²) in [5, 5.41) is 13.9. The molecule has 1 N–H and O–H groups in total. The van der Waals surface area contributed by atoms with Crippen molar-refractivity contribution in [3.05, 3.63) is 39.4 Å². The molecule has 0 aliphatic heterocycles. The maximum absolute atomic E-state index is 12.7. The van der Waals surface area contributed by atoms with Crippen LogP contribution >= 0.6 is 0 Å². The van der Waals surface area contributed by atoms with Crippen molar-refractivity contribution < 1.29 is 19.2 Å². The van der Waals surface area contributed by atoms with Crippen LogP contribution in [0, 0.1) is 17.0 Å². The SMILES string of the molecule is COC(=O)C1(NC(=O)c2cccc([N+](=O)[O-])c2C)CCCCCC1. The summed E-state index contributed by atoms with van der Waals surface area (Å²) in [6.07, 6.45) is 4.68. The summed E-state index contributed by atoms with van der Waals surface area (Å²) in [6, 6.07) is 4.35.